The summed E-state index contributed by atoms with van der Waals surface area (Å²) in [5, 5.41) is 1.82. The van der Waals surface area contributed by atoms with E-state index in [1.165, 1.54) is 6.26 Å². The lowest BCUT2D eigenvalue weighted by Gasteiger charge is -2.36. The summed E-state index contributed by atoms with van der Waals surface area (Å²) in [6.45, 7) is -0.150. The van der Waals surface area contributed by atoms with Crippen LogP contribution in [0.25, 0.3) is 0 Å². The lowest BCUT2D eigenvalue weighted by Crippen LogP contribution is -2.49. The fourth-order valence-electron chi connectivity index (χ4n) is 3.41. The quantitative estimate of drug-likeness (QED) is 0.781. The average molecular weight is 427 g/mol. The Hall–Kier alpha value is -1.32. The number of anilines is 1. The highest BCUT2D eigenvalue weighted by molar-refractivity contribution is 7.91. The Morgan fingerprint density at radius 1 is 1.30 bits per heavy atom. The van der Waals surface area contributed by atoms with E-state index in [2.05, 4.69) is 5.32 Å². The fourth-order valence-corrected chi connectivity index (χ4v) is 5.09. The van der Waals surface area contributed by atoms with E-state index in [0.29, 0.717) is 12.8 Å². The van der Waals surface area contributed by atoms with E-state index < -0.39 is 32.7 Å². The number of benzene rings is 1. The van der Waals surface area contributed by atoms with Crippen LogP contribution in [-0.2, 0) is 20.8 Å². The van der Waals surface area contributed by atoms with Crippen LogP contribution in [0.15, 0.2) is 18.2 Å². The number of halogens is 4. The summed E-state index contributed by atoms with van der Waals surface area (Å²) in [5.74, 6) is -0.559. The van der Waals surface area contributed by atoms with Gasteiger partial charge >= 0.3 is 6.18 Å². The van der Waals surface area contributed by atoms with Gasteiger partial charge in [0.1, 0.15) is 0 Å². The molecule has 10 heteroatoms. The van der Waals surface area contributed by atoms with E-state index in [0.717, 1.165) is 31.0 Å². The molecule has 1 aliphatic rings. The Morgan fingerprint density at radius 3 is 2.52 bits per heavy atom. The Balaban J connectivity index is 2.09. The van der Waals surface area contributed by atoms with E-state index in [9.17, 15) is 26.4 Å². The number of likely N-dealkylation sites (N-methyl/N-ethyl adjacent to an activating group) is 1. The zero-order valence-electron chi connectivity index (χ0n) is 15.0. The van der Waals surface area contributed by atoms with Gasteiger partial charge in [-0.3, -0.25) is 9.69 Å². The van der Waals surface area contributed by atoms with Crippen LogP contribution in [0.1, 0.15) is 31.2 Å². The van der Waals surface area contributed by atoms with Gasteiger partial charge in [-0.1, -0.05) is 24.4 Å². The number of nitrogens with zero attached hydrogens (tertiary/aromatic N) is 1. The molecule has 1 saturated carbocycles. The monoisotopic (exact) mass is 426 g/mol. The smallest absolute Gasteiger partial charge is 0.324 e. The van der Waals surface area contributed by atoms with Crippen LogP contribution in [0.4, 0.5) is 18.9 Å². The van der Waals surface area contributed by atoms with Crippen molar-refractivity contribution in [3.63, 3.8) is 0 Å². The number of amides is 1. The van der Waals surface area contributed by atoms with Crippen molar-refractivity contribution >= 4 is 33.0 Å². The molecule has 2 rings (SSSR count). The Bertz CT molecular complexity index is 799. The van der Waals surface area contributed by atoms with Crippen molar-refractivity contribution in [1.82, 2.24) is 4.90 Å². The van der Waals surface area contributed by atoms with Crippen LogP contribution in [0.3, 0.4) is 0 Å². The van der Waals surface area contributed by atoms with Gasteiger partial charge in [0.2, 0.25) is 5.91 Å². The molecule has 1 aliphatic carbocycles. The highest BCUT2D eigenvalue weighted by Gasteiger charge is 2.36. The molecule has 0 heterocycles. The second-order valence-corrected chi connectivity index (χ2v) is 9.55. The molecule has 0 aliphatic heterocycles. The van der Waals surface area contributed by atoms with E-state index in [1.54, 1.807) is 11.9 Å². The van der Waals surface area contributed by atoms with Crippen molar-refractivity contribution < 1.29 is 26.4 Å². The van der Waals surface area contributed by atoms with Crippen LogP contribution < -0.4 is 5.32 Å². The molecule has 1 aromatic rings. The summed E-state index contributed by atoms with van der Waals surface area (Å²) in [7, 11) is -1.62. The van der Waals surface area contributed by atoms with Gasteiger partial charge in [-0.25, -0.2) is 8.42 Å². The van der Waals surface area contributed by atoms with Crippen LogP contribution in [0.2, 0.25) is 5.02 Å². The molecule has 0 bridgehead atoms. The standard InChI is InChI=1S/C17H22ClF3N2O3S/c1-23(14-5-3-4-6-15(14)27(2,25)26)10-16(24)22-13-9-11(17(19,20)21)7-8-12(13)18/h7-9,14-15H,3-6,10H2,1-2H3,(H,22,24)/t14-,15+/m1/s1. The number of carbonyl (C=O) groups excluding carboxylic acids is 1. The first-order chi connectivity index (χ1) is 12.4. The SMILES string of the molecule is CN(CC(=O)Nc1cc(C(F)(F)F)ccc1Cl)[C@@H]1CCCC[C@@H]1S(C)(=O)=O. The van der Waals surface area contributed by atoms with Crippen LogP contribution >= 0.6 is 11.6 Å². The van der Waals surface area contributed by atoms with E-state index in [-0.39, 0.29) is 23.3 Å². The molecule has 1 amide bonds. The molecule has 1 aromatic carbocycles. The number of alkyl halides is 3. The summed E-state index contributed by atoms with van der Waals surface area (Å²) < 4.78 is 62.5. The van der Waals surface area contributed by atoms with Gasteiger partial charge in [-0.15, -0.1) is 0 Å². The lowest BCUT2D eigenvalue weighted by atomic mass is 9.94. The Kier molecular flexibility index (Phi) is 6.81. The first kappa shape index (κ1) is 22.0. The molecule has 1 fully saturated rings. The number of hydrogen-bond donors (Lipinski definition) is 1. The van der Waals surface area contributed by atoms with Crippen molar-refractivity contribution in [2.45, 2.75) is 43.2 Å². The first-order valence-electron chi connectivity index (χ1n) is 8.45. The van der Waals surface area contributed by atoms with Gasteiger partial charge in [-0.05, 0) is 38.1 Å². The van der Waals surface area contributed by atoms with Gasteiger partial charge in [0, 0.05) is 12.3 Å². The summed E-state index contributed by atoms with van der Waals surface area (Å²) in [6, 6.07) is 2.38. The molecule has 0 aromatic heterocycles. The van der Waals surface area contributed by atoms with Crippen LogP contribution in [-0.4, -0.2) is 50.4 Å². The van der Waals surface area contributed by atoms with Gasteiger partial charge < -0.3 is 5.32 Å². The van der Waals surface area contributed by atoms with Gasteiger partial charge in [0.05, 0.1) is 28.1 Å². The third-order valence-corrected chi connectivity index (χ3v) is 6.72. The van der Waals surface area contributed by atoms with E-state index in [1.807, 2.05) is 0 Å². The maximum atomic E-state index is 12.8. The van der Waals surface area contributed by atoms with Gasteiger partial charge in [-0.2, -0.15) is 13.2 Å². The first-order valence-corrected chi connectivity index (χ1v) is 10.8. The second kappa shape index (κ2) is 8.36. The zero-order chi connectivity index (χ0) is 20.4. The normalized spacial score (nSPS) is 21.3. The molecule has 1 N–H and O–H groups in total. The highest BCUT2D eigenvalue weighted by Crippen LogP contribution is 2.34. The van der Waals surface area contributed by atoms with Crippen LogP contribution in [0, 0.1) is 0 Å². The molecule has 152 valence electrons. The maximum absolute atomic E-state index is 12.8. The summed E-state index contributed by atoms with van der Waals surface area (Å²) in [5.41, 5.74) is -1.05. The van der Waals surface area contributed by atoms with Crippen molar-refractivity contribution in [1.29, 1.82) is 0 Å². The fraction of sp³-hybridized carbons (Fsp3) is 0.588. The molecule has 0 spiro atoms. The average Bonchev–Trinajstić information content (AvgIpc) is 2.55. The maximum Gasteiger partial charge on any atom is 0.416 e. The van der Waals surface area contributed by atoms with Crippen LogP contribution in [0.5, 0.6) is 0 Å². The van der Waals surface area contributed by atoms with Crippen molar-refractivity contribution in [3.8, 4) is 0 Å². The minimum Gasteiger partial charge on any atom is -0.324 e. The number of nitrogens with one attached hydrogen (secondary N) is 1. The lowest BCUT2D eigenvalue weighted by molar-refractivity contribution is -0.137. The van der Waals surface area contributed by atoms with Crippen molar-refractivity contribution in [2.24, 2.45) is 0 Å². The molecule has 0 unspecified atom stereocenters. The third-order valence-electron chi connectivity index (χ3n) is 4.74. The van der Waals surface area contributed by atoms with Gasteiger partial charge in [0.25, 0.3) is 0 Å². The summed E-state index contributed by atoms with van der Waals surface area (Å²) in [4.78, 5) is 13.9. The molecule has 27 heavy (non-hydrogen) atoms. The summed E-state index contributed by atoms with van der Waals surface area (Å²) >= 11 is 5.88. The summed E-state index contributed by atoms with van der Waals surface area (Å²) in [6.07, 6.45) is -0.505. The largest absolute Gasteiger partial charge is 0.416 e. The van der Waals surface area contributed by atoms with E-state index in [4.69, 9.17) is 11.6 Å². The molecule has 2 atom stereocenters. The highest BCUT2D eigenvalue weighted by atomic mass is 35.5. The van der Waals surface area contributed by atoms with E-state index >= 15 is 0 Å². The number of carbonyl (C=O) groups is 1. The zero-order valence-corrected chi connectivity index (χ0v) is 16.6. The molecule has 5 nitrogen and oxygen atoms in total. The molecular formula is C17H22ClF3N2O3S. The Labute approximate surface area is 161 Å². The third kappa shape index (κ3) is 5.83. The predicted octanol–water partition coefficient (Wildman–Crippen LogP) is 3.58. The Morgan fingerprint density at radius 2 is 1.93 bits per heavy atom. The number of rotatable bonds is 5. The van der Waals surface area contributed by atoms with Crippen molar-refractivity contribution in [2.75, 3.05) is 25.2 Å². The molecule has 0 saturated heterocycles. The molecule has 0 radical (unpaired) electrons. The predicted molar refractivity (Wildman–Crippen MR) is 98.6 cm³/mol. The van der Waals surface area contributed by atoms with Crippen molar-refractivity contribution in [3.05, 3.63) is 28.8 Å². The topological polar surface area (TPSA) is 66.5 Å². The van der Waals surface area contributed by atoms with Gasteiger partial charge in [0.15, 0.2) is 9.84 Å². The second-order valence-electron chi connectivity index (χ2n) is 6.88. The minimum absolute atomic E-state index is 0.00863. The minimum atomic E-state index is -4.55. The molecular weight excluding hydrogens is 405 g/mol. The number of hydrogen-bond acceptors (Lipinski definition) is 4. The number of sulfone groups is 1.